The van der Waals surface area contributed by atoms with Crippen LogP contribution in [-0.2, 0) is 6.42 Å². The highest BCUT2D eigenvalue weighted by molar-refractivity contribution is 5.99. The van der Waals surface area contributed by atoms with Crippen molar-refractivity contribution in [2.45, 2.75) is 40.0 Å². The fourth-order valence-electron chi connectivity index (χ4n) is 7.12. The third kappa shape index (κ3) is 6.58. The fourth-order valence-corrected chi connectivity index (χ4v) is 7.12. The molecule has 1 aliphatic carbocycles. The first kappa shape index (κ1) is 32.7. The molecule has 1 aliphatic rings. The molecule has 0 heterocycles. The minimum Gasteiger partial charge on any atom is -0.310 e. The maximum Gasteiger partial charge on any atom is 0.0540 e. The smallest absolute Gasteiger partial charge is 0.0540 e. The van der Waals surface area contributed by atoms with Crippen molar-refractivity contribution in [3.05, 3.63) is 193 Å². The number of allylic oxidation sites excluding steroid dienone is 1. The van der Waals surface area contributed by atoms with E-state index >= 15 is 0 Å². The van der Waals surface area contributed by atoms with Gasteiger partial charge >= 0.3 is 0 Å². The van der Waals surface area contributed by atoms with E-state index in [-0.39, 0.29) is 0 Å². The first-order chi connectivity index (χ1) is 24.7. The van der Waals surface area contributed by atoms with Gasteiger partial charge in [-0.15, -0.1) is 0 Å². The lowest BCUT2D eigenvalue weighted by Crippen LogP contribution is -2.16. The number of para-hydroxylation sites is 2. The Kier molecular flexibility index (Phi) is 9.89. The van der Waals surface area contributed by atoms with Gasteiger partial charge in [-0.3, -0.25) is 0 Å². The molecule has 0 aromatic heterocycles. The van der Waals surface area contributed by atoms with Gasteiger partial charge in [0.15, 0.2) is 0 Å². The van der Waals surface area contributed by atoms with Crippen LogP contribution >= 0.6 is 0 Å². The van der Waals surface area contributed by atoms with Crippen LogP contribution < -0.4 is 9.80 Å². The van der Waals surface area contributed by atoms with Crippen LogP contribution in [0.1, 0.15) is 43.4 Å². The Morgan fingerprint density at radius 1 is 0.480 bits per heavy atom. The predicted molar refractivity (Wildman–Crippen MR) is 216 cm³/mol. The van der Waals surface area contributed by atoms with Crippen LogP contribution in [-0.4, -0.2) is 0 Å². The second-order valence-corrected chi connectivity index (χ2v) is 12.5. The summed E-state index contributed by atoms with van der Waals surface area (Å²) < 4.78 is 0. The molecule has 0 spiro atoms. The first-order valence-electron chi connectivity index (χ1n) is 17.9. The number of fused-ring (bicyclic) bond motifs is 2. The zero-order valence-corrected chi connectivity index (χ0v) is 29.3. The Balaban J connectivity index is 0.00000193. The van der Waals surface area contributed by atoms with E-state index in [4.69, 9.17) is 0 Å². The van der Waals surface area contributed by atoms with Crippen LogP contribution in [0, 0.1) is 6.92 Å². The third-order valence-corrected chi connectivity index (χ3v) is 9.45. The quantitative estimate of drug-likeness (QED) is 0.170. The van der Waals surface area contributed by atoms with Crippen molar-refractivity contribution in [2.24, 2.45) is 0 Å². The van der Waals surface area contributed by atoms with Gasteiger partial charge < -0.3 is 9.80 Å². The van der Waals surface area contributed by atoms with Gasteiger partial charge in [0, 0.05) is 39.4 Å². The summed E-state index contributed by atoms with van der Waals surface area (Å²) >= 11 is 0. The summed E-state index contributed by atoms with van der Waals surface area (Å²) in [5.74, 6) is 0. The topological polar surface area (TPSA) is 6.48 Å². The largest absolute Gasteiger partial charge is 0.310 e. The van der Waals surface area contributed by atoms with Gasteiger partial charge in [-0.05, 0) is 108 Å². The zero-order valence-electron chi connectivity index (χ0n) is 29.3. The first-order valence-corrected chi connectivity index (χ1v) is 17.9. The number of nitrogens with zero attached hydrogens (tertiary/aromatic N) is 2. The number of anilines is 5. The summed E-state index contributed by atoms with van der Waals surface area (Å²) in [6, 6.07) is 61.5. The molecule has 0 bridgehead atoms. The van der Waals surface area contributed by atoms with E-state index in [0.717, 1.165) is 24.2 Å². The molecule has 8 rings (SSSR count). The molecule has 0 amide bonds. The molecule has 0 aliphatic heterocycles. The highest BCUT2D eigenvalue weighted by Crippen LogP contribution is 2.42. The molecule has 0 atom stereocenters. The molecule has 7 aromatic rings. The van der Waals surface area contributed by atoms with Gasteiger partial charge in [0.25, 0.3) is 0 Å². The van der Waals surface area contributed by atoms with Crippen molar-refractivity contribution in [3.8, 4) is 11.1 Å². The average Bonchev–Trinajstić information content (AvgIpc) is 3.40. The van der Waals surface area contributed by atoms with Gasteiger partial charge in [0.2, 0.25) is 0 Å². The van der Waals surface area contributed by atoms with E-state index in [9.17, 15) is 0 Å². The average molecular weight is 649 g/mol. The van der Waals surface area contributed by atoms with Gasteiger partial charge in [0.1, 0.15) is 0 Å². The lowest BCUT2D eigenvalue weighted by Gasteiger charge is -2.29. The van der Waals surface area contributed by atoms with Crippen molar-refractivity contribution in [3.63, 3.8) is 0 Å². The summed E-state index contributed by atoms with van der Waals surface area (Å²) in [7, 11) is 0. The van der Waals surface area contributed by atoms with Crippen LogP contribution in [0.5, 0.6) is 0 Å². The minimum atomic E-state index is 1.07. The van der Waals surface area contributed by atoms with Gasteiger partial charge in [-0.1, -0.05) is 135 Å². The molecular formula is C48H44N2. The Morgan fingerprint density at radius 2 is 1.08 bits per heavy atom. The van der Waals surface area contributed by atoms with Gasteiger partial charge in [-0.25, -0.2) is 0 Å². The molecule has 2 heteroatoms. The van der Waals surface area contributed by atoms with Crippen molar-refractivity contribution in [1.82, 2.24) is 0 Å². The minimum absolute atomic E-state index is 1.07. The lowest BCUT2D eigenvalue weighted by atomic mass is 9.99. The van der Waals surface area contributed by atoms with E-state index in [2.05, 4.69) is 193 Å². The maximum atomic E-state index is 2.42. The standard InChI is InChI=1S/C46H38N2.C2H6/c1-34-33-38(29-32-44(34)48(40-21-6-3-7-22-40)46-26-14-18-37-16-9-12-24-43(37)46)35-27-30-41(31-28-35)47(39-19-4-2-5-20-39)45-25-13-10-17-36-15-8-11-23-42(36)45;1-2/h2-9,11-12,14-16,18-33H,10,13,17H2,1H3;1-2H3. The van der Waals surface area contributed by atoms with Crippen LogP contribution in [0.3, 0.4) is 0 Å². The molecule has 50 heavy (non-hydrogen) atoms. The summed E-state index contributed by atoms with van der Waals surface area (Å²) in [4.78, 5) is 4.81. The summed E-state index contributed by atoms with van der Waals surface area (Å²) in [6.45, 7) is 6.22. The molecule has 0 unspecified atom stereocenters. The highest BCUT2D eigenvalue weighted by atomic mass is 15.2. The van der Waals surface area contributed by atoms with Crippen molar-refractivity contribution in [2.75, 3.05) is 9.80 Å². The molecule has 246 valence electrons. The van der Waals surface area contributed by atoms with Crippen molar-refractivity contribution < 1.29 is 0 Å². The number of rotatable bonds is 7. The van der Waals surface area contributed by atoms with E-state index in [1.807, 2.05) is 13.8 Å². The number of hydrogen-bond donors (Lipinski definition) is 0. The molecule has 2 nitrogen and oxygen atoms in total. The van der Waals surface area contributed by atoms with Gasteiger partial charge in [0.05, 0.1) is 5.69 Å². The van der Waals surface area contributed by atoms with E-state index in [1.165, 1.54) is 67.8 Å². The van der Waals surface area contributed by atoms with Crippen LogP contribution in [0.2, 0.25) is 0 Å². The maximum absolute atomic E-state index is 2.42. The van der Waals surface area contributed by atoms with Crippen molar-refractivity contribution in [1.29, 1.82) is 0 Å². The van der Waals surface area contributed by atoms with Crippen molar-refractivity contribution >= 4 is 44.9 Å². The second kappa shape index (κ2) is 15.1. The summed E-state index contributed by atoms with van der Waals surface area (Å²) in [5, 5.41) is 2.47. The summed E-state index contributed by atoms with van der Waals surface area (Å²) in [6.07, 6.45) is 5.76. The molecule has 0 saturated heterocycles. The normalized spacial score (nSPS) is 12.2. The number of benzene rings is 7. The van der Waals surface area contributed by atoms with E-state index in [1.54, 1.807) is 0 Å². The summed E-state index contributed by atoms with van der Waals surface area (Å²) in [5.41, 5.74) is 13.5. The third-order valence-electron chi connectivity index (χ3n) is 9.45. The zero-order chi connectivity index (χ0) is 34.3. The highest BCUT2D eigenvalue weighted by Gasteiger charge is 2.21. The van der Waals surface area contributed by atoms with E-state index < -0.39 is 0 Å². The lowest BCUT2D eigenvalue weighted by molar-refractivity contribution is 0.851. The van der Waals surface area contributed by atoms with Crippen LogP contribution in [0.4, 0.5) is 28.4 Å². The Labute approximate surface area is 297 Å². The Hall–Kier alpha value is -5.86. The molecule has 0 saturated carbocycles. The van der Waals surface area contributed by atoms with Crippen LogP contribution in [0.25, 0.3) is 27.6 Å². The Bertz CT molecular complexity index is 2210. The van der Waals surface area contributed by atoms with E-state index in [0.29, 0.717) is 0 Å². The second-order valence-electron chi connectivity index (χ2n) is 12.5. The molecular weight excluding hydrogens is 605 g/mol. The molecule has 0 N–H and O–H groups in total. The molecule has 0 radical (unpaired) electrons. The number of hydrogen-bond acceptors (Lipinski definition) is 2. The predicted octanol–water partition coefficient (Wildman–Crippen LogP) is 13.8. The molecule has 7 aromatic carbocycles. The fraction of sp³-hybridized carbons (Fsp3) is 0.125. The Morgan fingerprint density at radius 3 is 1.82 bits per heavy atom. The SMILES string of the molecule is CC.Cc1cc(-c2ccc(N(C3=CCCCc4ccccc43)c3ccccc3)cc2)ccc1N(c1ccccc1)c1cccc2ccccc12. The number of aryl methyl sites for hydroxylation is 2. The van der Waals surface area contributed by atoms with Crippen LogP contribution in [0.15, 0.2) is 176 Å². The molecule has 0 fully saturated rings. The van der Waals surface area contributed by atoms with Gasteiger partial charge in [-0.2, -0.15) is 0 Å². The monoisotopic (exact) mass is 648 g/mol.